The van der Waals surface area contributed by atoms with Gasteiger partial charge < -0.3 is 4.52 Å². The van der Waals surface area contributed by atoms with Crippen molar-refractivity contribution >= 4 is 17.4 Å². The number of aromatic nitrogens is 2. The molecule has 1 fully saturated rings. The SMILES string of the molecule is CC(=O)Cc1nc(C2CCC([N+](=O)[O-])CC2Cl)no1. The van der Waals surface area contributed by atoms with Crippen LogP contribution in [0.2, 0.25) is 0 Å². The van der Waals surface area contributed by atoms with Gasteiger partial charge in [0, 0.05) is 23.7 Å². The molecule has 0 aliphatic heterocycles. The van der Waals surface area contributed by atoms with Gasteiger partial charge in [0.05, 0.1) is 11.8 Å². The molecule has 8 heteroatoms. The van der Waals surface area contributed by atoms with E-state index in [9.17, 15) is 14.9 Å². The molecule has 0 spiro atoms. The highest BCUT2D eigenvalue weighted by atomic mass is 35.5. The molecule has 3 unspecified atom stereocenters. The van der Waals surface area contributed by atoms with Crippen LogP contribution in [0.25, 0.3) is 0 Å². The zero-order valence-electron chi connectivity index (χ0n) is 10.4. The zero-order chi connectivity index (χ0) is 14.0. The van der Waals surface area contributed by atoms with E-state index in [-0.39, 0.29) is 34.3 Å². The lowest BCUT2D eigenvalue weighted by Crippen LogP contribution is -2.32. The standard InChI is InChI=1S/C11H14ClN3O4/c1-6(16)4-10-13-11(14-19-10)8-3-2-7(15(17)18)5-9(8)12/h7-9H,2-5H2,1H3. The zero-order valence-corrected chi connectivity index (χ0v) is 11.2. The fourth-order valence-electron chi connectivity index (χ4n) is 2.28. The van der Waals surface area contributed by atoms with Crippen LogP contribution in [0.3, 0.4) is 0 Å². The smallest absolute Gasteiger partial charge is 0.234 e. The molecule has 1 aromatic rings. The second kappa shape index (κ2) is 5.64. The van der Waals surface area contributed by atoms with Gasteiger partial charge in [-0.15, -0.1) is 11.6 Å². The van der Waals surface area contributed by atoms with Crippen molar-refractivity contribution in [1.82, 2.24) is 10.1 Å². The van der Waals surface area contributed by atoms with Gasteiger partial charge in [0.2, 0.25) is 11.9 Å². The minimum absolute atomic E-state index is 0.0605. The maximum Gasteiger partial charge on any atom is 0.234 e. The summed E-state index contributed by atoms with van der Waals surface area (Å²) in [6.45, 7) is 1.44. The van der Waals surface area contributed by atoms with Crippen LogP contribution >= 0.6 is 11.6 Å². The van der Waals surface area contributed by atoms with E-state index >= 15 is 0 Å². The molecule has 2 rings (SSSR count). The van der Waals surface area contributed by atoms with Gasteiger partial charge in [0.1, 0.15) is 5.78 Å². The highest BCUT2D eigenvalue weighted by Crippen LogP contribution is 2.36. The lowest BCUT2D eigenvalue weighted by Gasteiger charge is -2.26. The lowest BCUT2D eigenvalue weighted by atomic mass is 9.85. The second-order valence-electron chi connectivity index (χ2n) is 4.80. The van der Waals surface area contributed by atoms with E-state index in [1.54, 1.807) is 0 Å². The molecule has 0 radical (unpaired) electrons. The summed E-state index contributed by atoms with van der Waals surface area (Å²) in [5.41, 5.74) is 0. The molecule has 1 saturated carbocycles. The molecule has 3 atom stereocenters. The summed E-state index contributed by atoms with van der Waals surface area (Å²) in [4.78, 5) is 25.5. The molecular weight excluding hydrogens is 274 g/mol. The van der Waals surface area contributed by atoms with Crippen LogP contribution in [0.1, 0.15) is 43.8 Å². The average molecular weight is 288 g/mol. The minimum Gasteiger partial charge on any atom is -0.339 e. The largest absolute Gasteiger partial charge is 0.339 e. The van der Waals surface area contributed by atoms with Gasteiger partial charge in [-0.05, 0) is 13.3 Å². The Morgan fingerprint density at radius 1 is 1.58 bits per heavy atom. The third-order valence-electron chi connectivity index (χ3n) is 3.26. The van der Waals surface area contributed by atoms with Crippen molar-refractivity contribution in [3.05, 3.63) is 21.8 Å². The van der Waals surface area contributed by atoms with Crippen LogP contribution in [-0.2, 0) is 11.2 Å². The Balaban J connectivity index is 2.04. The molecule has 1 heterocycles. The van der Waals surface area contributed by atoms with Crippen LogP contribution in [0.15, 0.2) is 4.52 Å². The Morgan fingerprint density at radius 2 is 2.32 bits per heavy atom. The van der Waals surface area contributed by atoms with E-state index in [4.69, 9.17) is 16.1 Å². The number of carbonyl (C=O) groups excluding carboxylic acids is 1. The predicted molar refractivity (Wildman–Crippen MR) is 65.7 cm³/mol. The molecule has 0 saturated heterocycles. The first-order valence-electron chi connectivity index (χ1n) is 6.07. The third-order valence-corrected chi connectivity index (χ3v) is 3.74. The van der Waals surface area contributed by atoms with E-state index in [0.29, 0.717) is 25.1 Å². The summed E-state index contributed by atoms with van der Waals surface area (Å²) in [5, 5.41) is 14.2. The molecule has 0 bridgehead atoms. The number of nitro groups is 1. The lowest BCUT2D eigenvalue weighted by molar-refractivity contribution is -0.526. The van der Waals surface area contributed by atoms with Crippen LogP contribution in [-0.4, -0.2) is 32.3 Å². The Kier molecular flexibility index (Phi) is 4.14. The van der Waals surface area contributed by atoms with Crippen molar-refractivity contribution in [1.29, 1.82) is 0 Å². The van der Waals surface area contributed by atoms with Crippen LogP contribution in [0.4, 0.5) is 0 Å². The van der Waals surface area contributed by atoms with E-state index in [1.807, 2.05) is 0 Å². The number of carbonyl (C=O) groups is 1. The Bertz CT molecular complexity index is 490. The number of halogens is 1. The van der Waals surface area contributed by atoms with Crippen molar-refractivity contribution in [2.45, 2.75) is 49.9 Å². The molecule has 0 amide bonds. The van der Waals surface area contributed by atoms with Crippen LogP contribution in [0, 0.1) is 10.1 Å². The van der Waals surface area contributed by atoms with E-state index in [2.05, 4.69) is 10.1 Å². The van der Waals surface area contributed by atoms with Gasteiger partial charge in [0.25, 0.3) is 0 Å². The summed E-state index contributed by atoms with van der Waals surface area (Å²) in [6, 6.07) is -0.595. The summed E-state index contributed by atoms with van der Waals surface area (Å²) < 4.78 is 4.98. The van der Waals surface area contributed by atoms with Gasteiger partial charge in [-0.25, -0.2) is 0 Å². The van der Waals surface area contributed by atoms with Crippen molar-refractivity contribution < 1.29 is 14.2 Å². The van der Waals surface area contributed by atoms with Crippen molar-refractivity contribution in [3.8, 4) is 0 Å². The highest BCUT2D eigenvalue weighted by molar-refractivity contribution is 6.21. The average Bonchev–Trinajstić information content (AvgIpc) is 2.76. The van der Waals surface area contributed by atoms with Gasteiger partial charge in [0.15, 0.2) is 5.82 Å². The van der Waals surface area contributed by atoms with E-state index in [0.717, 1.165) is 0 Å². The number of nitrogens with zero attached hydrogens (tertiary/aromatic N) is 3. The van der Waals surface area contributed by atoms with Crippen LogP contribution < -0.4 is 0 Å². The summed E-state index contributed by atoms with van der Waals surface area (Å²) >= 11 is 6.18. The maximum absolute atomic E-state index is 11.0. The molecule has 1 aromatic heterocycles. The monoisotopic (exact) mass is 287 g/mol. The quantitative estimate of drug-likeness (QED) is 0.475. The number of rotatable bonds is 4. The first-order valence-corrected chi connectivity index (χ1v) is 6.50. The first-order chi connectivity index (χ1) is 8.97. The topological polar surface area (TPSA) is 99.1 Å². The third kappa shape index (κ3) is 3.28. The fraction of sp³-hybridized carbons (Fsp3) is 0.727. The molecule has 0 N–H and O–H groups in total. The Labute approximate surface area is 114 Å². The first kappa shape index (κ1) is 13.9. The molecule has 1 aliphatic rings. The van der Waals surface area contributed by atoms with Gasteiger partial charge in [-0.1, -0.05) is 5.16 Å². The van der Waals surface area contributed by atoms with Crippen molar-refractivity contribution in [3.63, 3.8) is 0 Å². The number of hydrogen-bond acceptors (Lipinski definition) is 6. The highest BCUT2D eigenvalue weighted by Gasteiger charge is 2.38. The number of alkyl halides is 1. The summed E-state index contributed by atoms with van der Waals surface area (Å²) in [5.74, 6) is 0.498. The summed E-state index contributed by atoms with van der Waals surface area (Å²) in [7, 11) is 0. The molecule has 0 aromatic carbocycles. The fourth-order valence-corrected chi connectivity index (χ4v) is 2.72. The molecular formula is C11H14ClN3O4. The van der Waals surface area contributed by atoms with Gasteiger partial charge in [-0.2, -0.15) is 4.98 Å². The van der Waals surface area contributed by atoms with Gasteiger partial charge >= 0.3 is 0 Å². The predicted octanol–water partition coefficient (Wildman–Crippen LogP) is 1.72. The number of hydrogen-bond donors (Lipinski definition) is 0. The van der Waals surface area contributed by atoms with Crippen LogP contribution in [0.5, 0.6) is 0 Å². The second-order valence-corrected chi connectivity index (χ2v) is 5.36. The molecule has 19 heavy (non-hydrogen) atoms. The number of ketones is 1. The minimum atomic E-state index is -0.595. The molecule has 104 valence electrons. The summed E-state index contributed by atoms with van der Waals surface area (Å²) in [6.07, 6.45) is 1.41. The van der Waals surface area contributed by atoms with Crippen molar-refractivity contribution in [2.75, 3.05) is 0 Å². The molecule has 1 aliphatic carbocycles. The Morgan fingerprint density at radius 3 is 2.89 bits per heavy atom. The maximum atomic E-state index is 11.0. The normalized spacial score (nSPS) is 27.2. The van der Waals surface area contributed by atoms with Gasteiger partial charge in [-0.3, -0.25) is 14.9 Å². The Hall–Kier alpha value is -1.50. The molecule has 7 nitrogen and oxygen atoms in total. The van der Waals surface area contributed by atoms with E-state index in [1.165, 1.54) is 6.92 Å². The number of Topliss-reactive ketones (excluding diaryl/α,β-unsaturated/α-hetero) is 1. The van der Waals surface area contributed by atoms with E-state index < -0.39 is 6.04 Å². The van der Waals surface area contributed by atoms with Crippen molar-refractivity contribution in [2.24, 2.45) is 0 Å².